The SMILES string of the molecule is O=C(NC1(C(=O)O)CCCCCC1)c1cc(Br)sc1Br. The van der Waals surface area contributed by atoms with E-state index in [1.807, 2.05) is 0 Å². The molecular weight excluding hydrogens is 410 g/mol. The van der Waals surface area contributed by atoms with Gasteiger partial charge in [-0.3, -0.25) is 4.79 Å². The Bertz CT molecular complexity index is 522. The van der Waals surface area contributed by atoms with Crippen LogP contribution < -0.4 is 5.32 Å². The Labute approximate surface area is 138 Å². The van der Waals surface area contributed by atoms with E-state index in [2.05, 4.69) is 37.2 Å². The molecule has 4 nitrogen and oxygen atoms in total. The number of rotatable bonds is 3. The van der Waals surface area contributed by atoms with Gasteiger partial charge in [-0.05, 0) is 50.8 Å². The Morgan fingerprint density at radius 2 is 1.80 bits per heavy atom. The molecule has 0 unspecified atom stereocenters. The summed E-state index contributed by atoms with van der Waals surface area (Å²) in [6.07, 6.45) is 4.72. The van der Waals surface area contributed by atoms with Gasteiger partial charge in [0.1, 0.15) is 5.54 Å². The smallest absolute Gasteiger partial charge is 0.329 e. The van der Waals surface area contributed by atoms with Crippen LogP contribution in [0.3, 0.4) is 0 Å². The Kier molecular flexibility index (Phi) is 5.25. The quantitative estimate of drug-likeness (QED) is 0.715. The molecule has 0 bridgehead atoms. The van der Waals surface area contributed by atoms with E-state index in [0.29, 0.717) is 22.2 Å². The fourth-order valence-electron chi connectivity index (χ4n) is 2.50. The van der Waals surface area contributed by atoms with Crippen LogP contribution in [0.1, 0.15) is 48.9 Å². The second-order valence-corrected chi connectivity index (χ2v) is 8.74. The van der Waals surface area contributed by atoms with Crippen LogP contribution in [-0.4, -0.2) is 22.5 Å². The van der Waals surface area contributed by atoms with Gasteiger partial charge in [0.25, 0.3) is 5.91 Å². The first kappa shape index (κ1) is 16.0. The lowest BCUT2D eigenvalue weighted by Gasteiger charge is -2.29. The van der Waals surface area contributed by atoms with Crippen LogP contribution >= 0.6 is 43.2 Å². The molecule has 110 valence electrons. The minimum atomic E-state index is -1.12. The highest BCUT2D eigenvalue weighted by molar-refractivity contribution is 9.12. The summed E-state index contributed by atoms with van der Waals surface area (Å²) in [4.78, 5) is 24.0. The summed E-state index contributed by atoms with van der Waals surface area (Å²) in [6.45, 7) is 0. The first-order chi connectivity index (χ1) is 9.44. The molecule has 0 atom stereocenters. The molecule has 7 heteroatoms. The van der Waals surface area contributed by atoms with Gasteiger partial charge >= 0.3 is 5.97 Å². The van der Waals surface area contributed by atoms with Crippen molar-refractivity contribution in [2.75, 3.05) is 0 Å². The lowest BCUT2D eigenvalue weighted by Crippen LogP contribution is -2.54. The molecule has 1 heterocycles. The van der Waals surface area contributed by atoms with Gasteiger partial charge in [-0.2, -0.15) is 0 Å². The second kappa shape index (κ2) is 6.58. The van der Waals surface area contributed by atoms with E-state index in [9.17, 15) is 14.7 Å². The van der Waals surface area contributed by atoms with Gasteiger partial charge in [-0.15, -0.1) is 11.3 Å². The number of aliphatic carboxylic acids is 1. The number of halogens is 2. The number of carbonyl (C=O) groups is 2. The molecule has 2 rings (SSSR count). The molecule has 1 fully saturated rings. The Hall–Kier alpha value is -0.400. The molecule has 1 saturated carbocycles. The lowest BCUT2D eigenvalue weighted by atomic mass is 9.90. The maximum absolute atomic E-state index is 12.4. The van der Waals surface area contributed by atoms with E-state index in [1.165, 1.54) is 11.3 Å². The van der Waals surface area contributed by atoms with Crippen molar-refractivity contribution in [2.24, 2.45) is 0 Å². The monoisotopic (exact) mass is 423 g/mol. The Morgan fingerprint density at radius 1 is 1.20 bits per heavy atom. The van der Waals surface area contributed by atoms with Crippen LogP contribution in [0, 0.1) is 0 Å². The van der Waals surface area contributed by atoms with Gasteiger partial charge in [0.2, 0.25) is 0 Å². The van der Waals surface area contributed by atoms with Crippen molar-refractivity contribution in [1.29, 1.82) is 0 Å². The Morgan fingerprint density at radius 3 is 2.25 bits per heavy atom. The zero-order chi connectivity index (χ0) is 14.8. The van der Waals surface area contributed by atoms with Crippen molar-refractivity contribution in [3.8, 4) is 0 Å². The number of carboxylic acids is 1. The number of carbonyl (C=O) groups excluding carboxylic acids is 1. The zero-order valence-electron chi connectivity index (χ0n) is 10.7. The van der Waals surface area contributed by atoms with Crippen molar-refractivity contribution in [1.82, 2.24) is 5.32 Å². The van der Waals surface area contributed by atoms with Gasteiger partial charge in [-0.1, -0.05) is 25.7 Å². The molecule has 1 aliphatic rings. The molecule has 0 saturated heterocycles. The molecule has 1 aromatic rings. The minimum absolute atomic E-state index is 0.330. The van der Waals surface area contributed by atoms with Crippen molar-refractivity contribution in [3.05, 3.63) is 19.2 Å². The zero-order valence-corrected chi connectivity index (χ0v) is 14.7. The average Bonchev–Trinajstić information content (AvgIpc) is 2.60. The maximum Gasteiger partial charge on any atom is 0.329 e. The summed E-state index contributed by atoms with van der Waals surface area (Å²) >= 11 is 8.05. The minimum Gasteiger partial charge on any atom is -0.480 e. The fourth-order valence-corrected chi connectivity index (χ4v) is 5.30. The number of nitrogens with one attached hydrogen (secondary N) is 1. The normalized spacial score (nSPS) is 18.3. The molecule has 1 aromatic heterocycles. The summed E-state index contributed by atoms with van der Waals surface area (Å²) < 4.78 is 1.54. The lowest BCUT2D eigenvalue weighted by molar-refractivity contribution is -0.145. The van der Waals surface area contributed by atoms with Crippen LogP contribution in [0.4, 0.5) is 0 Å². The van der Waals surface area contributed by atoms with Crippen molar-refractivity contribution in [3.63, 3.8) is 0 Å². The predicted octanol–water partition coefficient (Wildman–Crippen LogP) is 4.18. The summed E-state index contributed by atoms with van der Waals surface area (Å²) in [5.74, 6) is -1.26. The third-order valence-electron chi connectivity index (χ3n) is 3.62. The number of amides is 1. The standard InChI is InChI=1S/C13H15Br2NO3S/c14-9-7-8(10(15)20-9)11(17)16-13(12(18)19)5-3-1-2-4-6-13/h7H,1-6H2,(H,16,17)(H,18,19). The number of carboxylic acid groups (broad SMARTS) is 1. The Balaban J connectivity index is 2.21. The molecule has 0 spiro atoms. The average molecular weight is 425 g/mol. The molecular formula is C13H15Br2NO3S. The summed E-state index contributed by atoms with van der Waals surface area (Å²) in [5.41, 5.74) is -0.645. The third kappa shape index (κ3) is 3.43. The van der Waals surface area contributed by atoms with Crippen LogP contribution in [0.25, 0.3) is 0 Å². The van der Waals surface area contributed by atoms with Crippen molar-refractivity contribution in [2.45, 2.75) is 44.1 Å². The number of thiophene rings is 1. The highest BCUT2D eigenvalue weighted by Crippen LogP contribution is 2.33. The van der Waals surface area contributed by atoms with E-state index in [-0.39, 0.29) is 5.91 Å². The van der Waals surface area contributed by atoms with E-state index in [1.54, 1.807) is 6.07 Å². The molecule has 1 aliphatic carbocycles. The van der Waals surface area contributed by atoms with Crippen LogP contribution in [0.5, 0.6) is 0 Å². The highest BCUT2D eigenvalue weighted by Gasteiger charge is 2.40. The van der Waals surface area contributed by atoms with Crippen LogP contribution in [0.15, 0.2) is 13.6 Å². The van der Waals surface area contributed by atoms with E-state index >= 15 is 0 Å². The molecule has 20 heavy (non-hydrogen) atoms. The van der Waals surface area contributed by atoms with Crippen molar-refractivity contribution < 1.29 is 14.7 Å². The summed E-state index contributed by atoms with van der Waals surface area (Å²) in [7, 11) is 0. The van der Waals surface area contributed by atoms with Gasteiger partial charge < -0.3 is 10.4 Å². The van der Waals surface area contributed by atoms with Gasteiger partial charge in [-0.25, -0.2) is 4.79 Å². The van der Waals surface area contributed by atoms with Gasteiger partial charge in [0.15, 0.2) is 0 Å². The molecule has 0 radical (unpaired) electrons. The highest BCUT2D eigenvalue weighted by atomic mass is 79.9. The molecule has 2 N–H and O–H groups in total. The van der Waals surface area contributed by atoms with E-state index in [4.69, 9.17) is 0 Å². The van der Waals surface area contributed by atoms with Crippen molar-refractivity contribution >= 4 is 55.1 Å². The predicted molar refractivity (Wildman–Crippen MR) is 85.3 cm³/mol. The van der Waals surface area contributed by atoms with Crippen LogP contribution in [0.2, 0.25) is 0 Å². The molecule has 1 amide bonds. The number of hydrogen-bond acceptors (Lipinski definition) is 3. The second-order valence-electron chi connectivity index (χ2n) is 4.99. The van der Waals surface area contributed by atoms with Gasteiger partial charge in [0.05, 0.1) is 13.1 Å². The molecule has 0 aromatic carbocycles. The summed E-state index contributed by atoms with van der Waals surface area (Å²) in [5, 5.41) is 12.3. The first-order valence-corrected chi connectivity index (χ1v) is 8.86. The first-order valence-electron chi connectivity index (χ1n) is 6.45. The largest absolute Gasteiger partial charge is 0.480 e. The summed E-state index contributed by atoms with van der Waals surface area (Å²) in [6, 6.07) is 1.70. The third-order valence-corrected chi connectivity index (χ3v) is 5.96. The van der Waals surface area contributed by atoms with Crippen LogP contribution in [-0.2, 0) is 4.79 Å². The van der Waals surface area contributed by atoms with Gasteiger partial charge in [0, 0.05) is 0 Å². The fraction of sp³-hybridized carbons (Fsp3) is 0.538. The van der Waals surface area contributed by atoms with E-state index in [0.717, 1.165) is 29.5 Å². The molecule has 0 aliphatic heterocycles. The topological polar surface area (TPSA) is 66.4 Å². The van der Waals surface area contributed by atoms with E-state index < -0.39 is 11.5 Å². The maximum atomic E-state index is 12.4. The number of hydrogen-bond donors (Lipinski definition) is 2.